The van der Waals surface area contributed by atoms with Gasteiger partial charge in [-0.2, -0.15) is 0 Å². The number of nitrogens with one attached hydrogen (secondary N) is 1. The molecule has 0 fully saturated rings. The van der Waals surface area contributed by atoms with Crippen LogP contribution in [0.4, 0.5) is 5.13 Å². The Balaban J connectivity index is 1.75. The number of ether oxygens (including phenoxy) is 1. The Bertz CT molecular complexity index is 1080. The Morgan fingerprint density at radius 3 is 2.81 bits per heavy atom. The first-order chi connectivity index (χ1) is 12.8. The first kappa shape index (κ1) is 16.6. The molecule has 0 aliphatic heterocycles. The van der Waals surface area contributed by atoms with Gasteiger partial charge in [0.2, 0.25) is 0 Å². The zero-order valence-corrected chi connectivity index (χ0v) is 15.4. The molecule has 1 unspecified atom stereocenters. The van der Waals surface area contributed by atoms with Gasteiger partial charge in [-0.05, 0) is 30.3 Å². The van der Waals surface area contributed by atoms with Crippen LogP contribution in [0.25, 0.3) is 22.2 Å². The second kappa shape index (κ2) is 7.19. The molecule has 4 rings (SSSR count). The van der Waals surface area contributed by atoms with E-state index in [9.17, 15) is 4.21 Å². The summed E-state index contributed by atoms with van der Waals surface area (Å²) in [5, 5.41) is 3.31. The lowest BCUT2D eigenvalue weighted by atomic mass is 10.1. The highest BCUT2D eigenvalue weighted by Gasteiger charge is 2.13. The molecule has 130 valence electrons. The van der Waals surface area contributed by atoms with Gasteiger partial charge in [-0.1, -0.05) is 12.1 Å². The van der Waals surface area contributed by atoms with Gasteiger partial charge < -0.3 is 4.74 Å². The van der Waals surface area contributed by atoms with Crippen LogP contribution < -0.4 is 9.46 Å². The van der Waals surface area contributed by atoms with Crippen LogP contribution in [0.1, 0.15) is 0 Å². The molecule has 0 aliphatic carbocycles. The fourth-order valence-corrected chi connectivity index (χ4v) is 4.15. The van der Waals surface area contributed by atoms with E-state index in [0.29, 0.717) is 15.5 Å². The highest BCUT2D eigenvalue weighted by Crippen LogP contribution is 2.33. The average molecular weight is 382 g/mol. The van der Waals surface area contributed by atoms with Crippen molar-refractivity contribution in [1.82, 2.24) is 15.0 Å². The minimum atomic E-state index is -1.41. The van der Waals surface area contributed by atoms with Crippen molar-refractivity contribution in [2.24, 2.45) is 0 Å². The molecule has 0 radical (unpaired) electrons. The Morgan fingerprint density at radius 2 is 2.00 bits per heavy atom. The summed E-state index contributed by atoms with van der Waals surface area (Å²) in [6, 6.07) is 13.2. The third-order valence-electron chi connectivity index (χ3n) is 3.80. The molecule has 4 aromatic rings. The number of benzene rings is 2. The number of anilines is 1. The predicted molar refractivity (Wildman–Crippen MR) is 104 cm³/mol. The minimum Gasteiger partial charge on any atom is -0.496 e. The Kier molecular flexibility index (Phi) is 4.59. The van der Waals surface area contributed by atoms with Gasteiger partial charge in [0.05, 0.1) is 23.2 Å². The van der Waals surface area contributed by atoms with E-state index in [1.807, 2.05) is 35.7 Å². The normalized spacial score (nSPS) is 12.0. The summed E-state index contributed by atoms with van der Waals surface area (Å²) in [4.78, 5) is 13.5. The van der Waals surface area contributed by atoms with Gasteiger partial charge in [0.25, 0.3) is 0 Å². The van der Waals surface area contributed by atoms with Gasteiger partial charge in [-0.3, -0.25) is 4.72 Å². The van der Waals surface area contributed by atoms with Crippen molar-refractivity contribution in [3.8, 4) is 17.0 Å². The number of nitrogens with zero attached hydrogens (tertiary/aromatic N) is 3. The Hall–Kier alpha value is -2.84. The summed E-state index contributed by atoms with van der Waals surface area (Å²) < 4.78 is 20.8. The van der Waals surface area contributed by atoms with Gasteiger partial charge >= 0.3 is 0 Å². The van der Waals surface area contributed by atoms with Crippen molar-refractivity contribution in [3.05, 3.63) is 60.4 Å². The van der Waals surface area contributed by atoms with Crippen molar-refractivity contribution >= 4 is 38.4 Å². The first-order valence-electron chi connectivity index (χ1n) is 7.72. The number of para-hydroxylation sites is 1. The van der Waals surface area contributed by atoms with Crippen LogP contribution >= 0.6 is 11.3 Å². The van der Waals surface area contributed by atoms with Crippen LogP contribution in [-0.2, 0) is 11.0 Å². The first-order valence-corrected chi connectivity index (χ1v) is 9.75. The molecule has 0 bridgehead atoms. The summed E-state index contributed by atoms with van der Waals surface area (Å²) in [6.45, 7) is 0. The molecule has 0 saturated carbocycles. The number of fused-ring (bicyclic) bond motifs is 1. The molecule has 2 aromatic carbocycles. The fourth-order valence-electron chi connectivity index (χ4n) is 2.62. The lowest BCUT2D eigenvalue weighted by Gasteiger charge is -2.10. The Morgan fingerprint density at radius 1 is 1.12 bits per heavy atom. The van der Waals surface area contributed by atoms with Crippen molar-refractivity contribution < 1.29 is 8.95 Å². The van der Waals surface area contributed by atoms with E-state index in [4.69, 9.17) is 4.74 Å². The van der Waals surface area contributed by atoms with Crippen molar-refractivity contribution in [2.75, 3.05) is 11.8 Å². The number of aromatic nitrogens is 3. The summed E-state index contributed by atoms with van der Waals surface area (Å²) in [5.41, 5.74) is 2.38. The minimum absolute atomic E-state index is 0.612. The maximum absolute atomic E-state index is 12.5. The average Bonchev–Trinajstić information content (AvgIpc) is 3.20. The van der Waals surface area contributed by atoms with Gasteiger partial charge in [0, 0.05) is 22.5 Å². The largest absolute Gasteiger partial charge is 0.496 e. The predicted octanol–water partition coefficient (Wildman–Crippen LogP) is 3.90. The molecule has 2 aromatic heterocycles. The summed E-state index contributed by atoms with van der Waals surface area (Å²) in [6.07, 6.45) is 3.17. The smallest absolute Gasteiger partial charge is 0.194 e. The second-order valence-corrected chi connectivity index (χ2v) is 7.42. The third kappa shape index (κ3) is 3.16. The quantitative estimate of drug-likeness (QED) is 0.566. The monoisotopic (exact) mass is 382 g/mol. The number of hydrogen-bond donors (Lipinski definition) is 1. The second-order valence-electron chi connectivity index (χ2n) is 5.31. The maximum atomic E-state index is 12.5. The summed E-state index contributed by atoms with van der Waals surface area (Å²) in [5.74, 6) is 0.741. The van der Waals surface area contributed by atoms with Gasteiger partial charge in [-0.15, -0.1) is 11.3 Å². The standard InChI is InChI=1S/C18H14N4O2S2/c1-24-16-5-3-2-4-14(16)17-13-7-6-12(10-15(13)20-11-21-17)26(23)22-18-19-8-9-25-18/h2-11H,1H3,(H,19,22). The highest BCUT2D eigenvalue weighted by atomic mass is 32.2. The molecule has 6 nitrogen and oxygen atoms in total. The number of thiazole rings is 1. The van der Waals surface area contributed by atoms with Crippen LogP contribution in [0.2, 0.25) is 0 Å². The van der Waals surface area contributed by atoms with E-state index in [1.165, 1.54) is 17.7 Å². The number of rotatable bonds is 5. The fraction of sp³-hybridized carbons (Fsp3) is 0.0556. The van der Waals surface area contributed by atoms with Crippen LogP contribution in [0.3, 0.4) is 0 Å². The van der Waals surface area contributed by atoms with E-state index in [1.54, 1.807) is 25.4 Å². The zero-order chi connectivity index (χ0) is 17.9. The van der Waals surface area contributed by atoms with E-state index < -0.39 is 11.0 Å². The lowest BCUT2D eigenvalue weighted by Crippen LogP contribution is -2.04. The van der Waals surface area contributed by atoms with Crippen molar-refractivity contribution in [2.45, 2.75) is 4.90 Å². The molecule has 8 heteroatoms. The van der Waals surface area contributed by atoms with E-state index in [2.05, 4.69) is 19.7 Å². The number of hydrogen-bond acceptors (Lipinski definition) is 6. The molecule has 26 heavy (non-hydrogen) atoms. The van der Waals surface area contributed by atoms with Gasteiger partial charge in [-0.25, -0.2) is 19.2 Å². The molecule has 0 amide bonds. The molecule has 1 N–H and O–H groups in total. The molecular formula is C18H14N4O2S2. The topological polar surface area (TPSA) is 77.0 Å². The summed E-state index contributed by atoms with van der Waals surface area (Å²) in [7, 11) is 0.220. The highest BCUT2D eigenvalue weighted by molar-refractivity contribution is 7.86. The summed E-state index contributed by atoms with van der Waals surface area (Å²) >= 11 is 1.40. The molecule has 1 atom stereocenters. The Labute approximate surface area is 156 Å². The molecule has 0 aliphatic rings. The molecule has 0 saturated heterocycles. The van der Waals surface area contributed by atoms with E-state index in [-0.39, 0.29) is 0 Å². The maximum Gasteiger partial charge on any atom is 0.194 e. The van der Waals surface area contributed by atoms with Gasteiger partial charge in [0.1, 0.15) is 12.1 Å². The van der Waals surface area contributed by atoms with Gasteiger partial charge in [0.15, 0.2) is 16.1 Å². The number of methoxy groups -OCH3 is 1. The van der Waals surface area contributed by atoms with Crippen LogP contribution in [-0.4, -0.2) is 26.3 Å². The lowest BCUT2D eigenvalue weighted by molar-refractivity contribution is 0.416. The zero-order valence-electron chi connectivity index (χ0n) is 13.7. The van der Waals surface area contributed by atoms with Crippen LogP contribution in [0.15, 0.2) is 65.3 Å². The van der Waals surface area contributed by atoms with E-state index in [0.717, 1.165) is 22.4 Å². The molecular weight excluding hydrogens is 368 g/mol. The SMILES string of the molecule is COc1ccccc1-c1ncnc2cc(S(=O)Nc3nccs3)ccc12. The van der Waals surface area contributed by atoms with E-state index >= 15 is 0 Å². The third-order valence-corrected chi connectivity index (χ3v) is 5.68. The van der Waals surface area contributed by atoms with Crippen LogP contribution in [0.5, 0.6) is 5.75 Å². The van der Waals surface area contributed by atoms with Crippen molar-refractivity contribution in [1.29, 1.82) is 0 Å². The van der Waals surface area contributed by atoms with Crippen LogP contribution in [0, 0.1) is 0 Å². The molecule has 0 spiro atoms. The van der Waals surface area contributed by atoms with Crippen molar-refractivity contribution in [3.63, 3.8) is 0 Å². The molecule has 2 heterocycles.